The number of halogens is 1. The van der Waals surface area contributed by atoms with Crippen molar-refractivity contribution in [1.29, 1.82) is 0 Å². The molecule has 1 aromatic rings. The van der Waals surface area contributed by atoms with Crippen molar-refractivity contribution in [2.24, 2.45) is 0 Å². The number of rotatable bonds is 7. The van der Waals surface area contributed by atoms with E-state index in [1.807, 2.05) is 18.5 Å². The first-order valence-corrected chi connectivity index (χ1v) is 6.25. The molecule has 5 nitrogen and oxygen atoms in total. The van der Waals surface area contributed by atoms with E-state index in [1.165, 1.54) is 0 Å². The maximum atomic E-state index is 9.22. The molecular weight excluding hydrogens is 242 g/mol. The highest BCUT2D eigenvalue weighted by atomic mass is 35.5. The van der Waals surface area contributed by atoms with Crippen LogP contribution >= 0.6 is 11.6 Å². The van der Waals surface area contributed by atoms with Crippen molar-refractivity contribution in [2.75, 3.05) is 13.2 Å². The molecule has 1 aromatic heterocycles. The van der Waals surface area contributed by atoms with Crippen LogP contribution in [0.15, 0.2) is 0 Å². The highest BCUT2D eigenvalue weighted by molar-refractivity contribution is 6.31. The molecule has 1 unspecified atom stereocenters. The molecule has 1 atom stereocenters. The van der Waals surface area contributed by atoms with Crippen LogP contribution in [0.1, 0.15) is 25.2 Å². The molecule has 0 spiro atoms. The minimum absolute atomic E-state index is 0.242. The summed E-state index contributed by atoms with van der Waals surface area (Å²) in [6.07, 6.45) is 0.0652. The number of hydrogen-bond acceptors (Lipinski definition) is 4. The number of aliphatic hydroxyl groups is 2. The van der Waals surface area contributed by atoms with Crippen LogP contribution in [-0.2, 0) is 19.5 Å². The molecule has 3 N–H and O–H groups in total. The third-order valence-electron chi connectivity index (χ3n) is 2.58. The van der Waals surface area contributed by atoms with Crippen molar-refractivity contribution in [3.8, 4) is 0 Å². The van der Waals surface area contributed by atoms with E-state index in [4.69, 9.17) is 16.7 Å². The summed E-state index contributed by atoms with van der Waals surface area (Å²) in [5.74, 6) is 0. The van der Waals surface area contributed by atoms with Crippen LogP contribution in [0.5, 0.6) is 0 Å². The van der Waals surface area contributed by atoms with Crippen LogP contribution in [0.2, 0.25) is 5.02 Å². The summed E-state index contributed by atoms with van der Waals surface area (Å²) in [6, 6.07) is 0. The maximum Gasteiger partial charge on any atom is 0.0895 e. The first-order chi connectivity index (χ1) is 8.13. The lowest BCUT2D eigenvalue weighted by atomic mass is 10.3. The molecule has 0 fully saturated rings. The van der Waals surface area contributed by atoms with Gasteiger partial charge in [-0.15, -0.1) is 0 Å². The molecule has 1 rings (SSSR count). The van der Waals surface area contributed by atoms with Gasteiger partial charge in [0.25, 0.3) is 0 Å². The van der Waals surface area contributed by atoms with Gasteiger partial charge in [-0.3, -0.25) is 4.68 Å². The van der Waals surface area contributed by atoms with Gasteiger partial charge in [0.1, 0.15) is 0 Å². The summed E-state index contributed by atoms with van der Waals surface area (Å²) < 4.78 is 1.86. The highest BCUT2D eigenvalue weighted by Crippen LogP contribution is 2.21. The van der Waals surface area contributed by atoms with Crippen molar-refractivity contribution in [1.82, 2.24) is 15.1 Å². The summed E-state index contributed by atoms with van der Waals surface area (Å²) in [5.41, 5.74) is 1.82. The number of nitrogens with one attached hydrogen (secondary N) is 1. The molecule has 0 saturated carbocycles. The van der Waals surface area contributed by atoms with Gasteiger partial charge >= 0.3 is 0 Å². The second kappa shape index (κ2) is 6.96. The van der Waals surface area contributed by atoms with Crippen LogP contribution in [0.25, 0.3) is 0 Å². The topological polar surface area (TPSA) is 70.3 Å². The van der Waals surface area contributed by atoms with E-state index in [-0.39, 0.29) is 6.61 Å². The number of nitrogens with zero attached hydrogens (tertiary/aromatic N) is 2. The Balaban J connectivity index is 2.66. The zero-order valence-electron chi connectivity index (χ0n) is 10.3. The van der Waals surface area contributed by atoms with E-state index >= 15 is 0 Å². The number of aromatic nitrogens is 2. The fraction of sp³-hybridized carbons (Fsp3) is 0.727. The second-order valence-electron chi connectivity index (χ2n) is 3.84. The standard InChI is InChI=1S/C11H20ClN3O2/c1-3-9-11(12)10(15(4-2)14-9)6-13-5-8(17)7-16/h8,13,16-17H,3-7H2,1-2H3. The molecule has 1 heterocycles. The Morgan fingerprint density at radius 2 is 2.18 bits per heavy atom. The lowest BCUT2D eigenvalue weighted by Gasteiger charge is -2.10. The van der Waals surface area contributed by atoms with Gasteiger partial charge in [0, 0.05) is 19.6 Å². The summed E-state index contributed by atoms with van der Waals surface area (Å²) >= 11 is 6.22. The van der Waals surface area contributed by atoms with Gasteiger partial charge in [-0.05, 0) is 13.3 Å². The average molecular weight is 262 g/mol. The number of aliphatic hydroxyl groups excluding tert-OH is 2. The van der Waals surface area contributed by atoms with E-state index in [9.17, 15) is 5.11 Å². The third-order valence-corrected chi connectivity index (χ3v) is 3.01. The quantitative estimate of drug-likeness (QED) is 0.671. The lowest BCUT2D eigenvalue weighted by molar-refractivity contribution is 0.0940. The van der Waals surface area contributed by atoms with E-state index in [1.54, 1.807) is 0 Å². The van der Waals surface area contributed by atoms with Gasteiger partial charge in [-0.1, -0.05) is 18.5 Å². The molecular formula is C11H20ClN3O2. The zero-order valence-corrected chi connectivity index (χ0v) is 11.0. The molecule has 17 heavy (non-hydrogen) atoms. The summed E-state index contributed by atoms with van der Waals surface area (Å²) in [7, 11) is 0. The molecule has 0 radical (unpaired) electrons. The monoisotopic (exact) mass is 261 g/mol. The predicted octanol–water partition coefficient (Wildman–Crippen LogP) is 0.562. The zero-order chi connectivity index (χ0) is 12.8. The van der Waals surface area contributed by atoms with Crippen LogP contribution in [0, 0.1) is 0 Å². The van der Waals surface area contributed by atoms with Crippen LogP contribution < -0.4 is 5.32 Å². The fourth-order valence-corrected chi connectivity index (χ4v) is 1.94. The Morgan fingerprint density at radius 3 is 2.71 bits per heavy atom. The van der Waals surface area contributed by atoms with E-state index in [2.05, 4.69) is 10.4 Å². The SMILES string of the molecule is CCc1nn(CC)c(CNCC(O)CO)c1Cl. The van der Waals surface area contributed by atoms with Crippen molar-refractivity contribution < 1.29 is 10.2 Å². The largest absolute Gasteiger partial charge is 0.394 e. The highest BCUT2D eigenvalue weighted by Gasteiger charge is 2.14. The van der Waals surface area contributed by atoms with Crippen LogP contribution in [0.4, 0.5) is 0 Å². The molecule has 0 bridgehead atoms. The first-order valence-electron chi connectivity index (χ1n) is 5.87. The van der Waals surface area contributed by atoms with Gasteiger partial charge in [0.05, 0.1) is 29.1 Å². The third kappa shape index (κ3) is 3.67. The Kier molecular flexibility index (Phi) is 5.91. The van der Waals surface area contributed by atoms with Crippen molar-refractivity contribution >= 4 is 11.6 Å². The van der Waals surface area contributed by atoms with Crippen molar-refractivity contribution in [3.63, 3.8) is 0 Å². The summed E-state index contributed by atoms with van der Waals surface area (Å²) in [4.78, 5) is 0. The smallest absolute Gasteiger partial charge is 0.0895 e. The molecule has 0 amide bonds. The fourth-order valence-electron chi connectivity index (χ4n) is 1.61. The molecule has 0 aliphatic rings. The molecule has 98 valence electrons. The Hall–Kier alpha value is -0.620. The number of aryl methyl sites for hydroxylation is 2. The van der Waals surface area contributed by atoms with Gasteiger partial charge in [0.2, 0.25) is 0 Å². The van der Waals surface area contributed by atoms with Crippen molar-refractivity contribution in [3.05, 3.63) is 16.4 Å². The van der Waals surface area contributed by atoms with E-state index < -0.39 is 6.10 Å². The minimum Gasteiger partial charge on any atom is -0.394 e. The molecule has 0 aromatic carbocycles. The molecule has 0 aliphatic carbocycles. The predicted molar refractivity (Wildman–Crippen MR) is 67.1 cm³/mol. The molecule has 6 heteroatoms. The second-order valence-corrected chi connectivity index (χ2v) is 4.22. The summed E-state index contributed by atoms with van der Waals surface area (Å²) in [6.45, 7) is 5.42. The maximum absolute atomic E-state index is 9.22. The van der Waals surface area contributed by atoms with E-state index in [0.717, 1.165) is 24.4 Å². The number of hydrogen-bond donors (Lipinski definition) is 3. The lowest BCUT2D eigenvalue weighted by Crippen LogP contribution is -2.29. The van der Waals surface area contributed by atoms with Crippen molar-refractivity contribution in [2.45, 2.75) is 39.5 Å². The normalized spacial score (nSPS) is 13.0. The molecule has 0 aliphatic heterocycles. The molecule has 0 saturated heterocycles. The van der Waals surface area contributed by atoms with Gasteiger partial charge in [-0.25, -0.2) is 0 Å². The Labute approximate surface area is 106 Å². The Morgan fingerprint density at radius 1 is 1.47 bits per heavy atom. The van der Waals surface area contributed by atoms with Crippen LogP contribution in [-0.4, -0.2) is 39.2 Å². The Bertz CT molecular complexity index is 355. The summed E-state index contributed by atoms with van der Waals surface area (Å²) in [5, 5.41) is 26.1. The average Bonchev–Trinajstić information content (AvgIpc) is 2.65. The van der Waals surface area contributed by atoms with Crippen LogP contribution in [0.3, 0.4) is 0 Å². The van der Waals surface area contributed by atoms with Gasteiger partial charge in [0.15, 0.2) is 0 Å². The first kappa shape index (κ1) is 14.4. The van der Waals surface area contributed by atoms with E-state index in [0.29, 0.717) is 18.1 Å². The van der Waals surface area contributed by atoms with Gasteiger partial charge in [-0.2, -0.15) is 5.10 Å². The van der Waals surface area contributed by atoms with Gasteiger partial charge < -0.3 is 15.5 Å². The minimum atomic E-state index is -0.739.